The minimum absolute atomic E-state index is 0.00807. The summed E-state index contributed by atoms with van der Waals surface area (Å²) in [7, 11) is 0. The van der Waals surface area contributed by atoms with Gasteiger partial charge in [-0.1, -0.05) is 42.5 Å². The maximum Gasteiger partial charge on any atom is 0.226 e. The molecule has 0 saturated carbocycles. The summed E-state index contributed by atoms with van der Waals surface area (Å²) in [6.07, 6.45) is 0.377. The summed E-state index contributed by atoms with van der Waals surface area (Å²) in [6.45, 7) is 5.74. The largest absolute Gasteiger partial charge is 0.493 e. The smallest absolute Gasteiger partial charge is 0.226 e. The normalized spacial score (nSPS) is 19.9. The zero-order valence-electron chi connectivity index (χ0n) is 14.9. The van der Waals surface area contributed by atoms with E-state index in [1.807, 2.05) is 49.1 Å². The minimum atomic E-state index is -0.00807. The van der Waals surface area contributed by atoms with Gasteiger partial charge in [0, 0.05) is 25.0 Å². The van der Waals surface area contributed by atoms with Crippen molar-refractivity contribution >= 4 is 5.91 Å². The number of benzene rings is 2. The lowest BCUT2D eigenvalue weighted by Crippen LogP contribution is -2.32. The fraction of sp³-hybridized carbons (Fsp3) is 0.381. The standard InChI is InChI=1S/C21H26N2O2/c1-15-8-9-16(2)20(12-15)25-11-10-21(24)23-13-18(19(22)14-23)17-6-4-3-5-7-17/h3-9,12,18-19H,10-11,13-14,22H2,1-2H3/t18-,19+/m0/s1. The Kier molecular flexibility index (Phi) is 5.39. The number of aryl methyl sites for hydroxylation is 2. The molecule has 4 nitrogen and oxygen atoms in total. The Morgan fingerprint density at radius 3 is 2.68 bits per heavy atom. The lowest BCUT2D eigenvalue weighted by Gasteiger charge is -2.17. The van der Waals surface area contributed by atoms with Crippen LogP contribution >= 0.6 is 0 Å². The van der Waals surface area contributed by atoms with Gasteiger partial charge in [0.1, 0.15) is 5.75 Å². The minimum Gasteiger partial charge on any atom is -0.493 e. The van der Waals surface area contributed by atoms with Crippen molar-refractivity contribution < 1.29 is 9.53 Å². The summed E-state index contributed by atoms with van der Waals surface area (Å²) in [5.41, 5.74) is 9.72. The number of likely N-dealkylation sites (tertiary alicyclic amines) is 1. The van der Waals surface area contributed by atoms with Gasteiger partial charge in [0.15, 0.2) is 0 Å². The number of hydrogen-bond donors (Lipinski definition) is 1. The second-order valence-corrected chi connectivity index (χ2v) is 6.85. The van der Waals surface area contributed by atoms with Gasteiger partial charge in [-0.15, -0.1) is 0 Å². The van der Waals surface area contributed by atoms with E-state index in [4.69, 9.17) is 10.5 Å². The Labute approximate surface area is 149 Å². The van der Waals surface area contributed by atoms with Crippen LogP contribution in [0.5, 0.6) is 5.75 Å². The predicted molar refractivity (Wildman–Crippen MR) is 99.8 cm³/mol. The molecule has 2 N–H and O–H groups in total. The first-order valence-corrected chi connectivity index (χ1v) is 8.83. The first kappa shape index (κ1) is 17.5. The van der Waals surface area contributed by atoms with Gasteiger partial charge in [0.05, 0.1) is 13.0 Å². The van der Waals surface area contributed by atoms with Gasteiger partial charge >= 0.3 is 0 Å². The van der Waals surface area contributed by atoms with E-state index in [-0.39, 0.29) is 17.9 Å². The van der Waals surface area contributed by atoms with Crippen molar-refractivity contribution in [1.29, 1.82) is 0 Å². The Morgan fingerprint density at radius 2 is 1.92 bits per heavy atom. The maximum absolute atomic E-state index is 12.5. The topological polar surface area (TPSA) is 55.6 Å². The van der Waals surface area contributed by atoms with Crippen molar-refractivity contribution in [1.82, 2.24) is 4.90 Å². The van der Waals surface area contributed by atoms with Crippen molar-refractivity contribution in [2.75, 3.05) is 19.7 Å². The summed E-state index contributed by atoms with van der Waals surface area (Å²) < 4.78 is 5.81. The van der Waals surface area contributed by atoms with Crippen LogP contribution in [0.2, 0.25) is 0 Å². The zero-order chi connectivity index (χ0) is 17.8. The molecule has 0 aromatic heterocycles. The number of carbonyl (C=O) groups excluding carboxylic acids is 1. The summed E-state index contributed by atoms with van der Waals surface area (Å²) in [6, 6.07) is 16.3. The van der Waals surface area contributed by atoms with E-state index in [1.54, 1.807) is 0 Å². The Balaban J connectivity index is 1.53. The lowest BCUT2D eigenvalue weighted by molar-refractivity contribution is -0.130. The maximum atomic E-state index is 12.5. The molecular formula is C21H26N2O2. The second-order valence-electron chi connectivity index (χ2n) is 6.85. The molecule has 25 heavy (non-hydrogen) atoms. The quantitative estimate of drug-likeness (QED) is 0.912. The molecule has 0 unspecified atom stereocenters. The molecule has 1 aliphatic heterocycles. The third-order valence-corrected chi connectivity index (χ3v) is 4.86. The molecule has 1 heterocycles. The number of nitrogens with zero attached hydrogens (tertiary/aromatic N) is 1. The SMILES string of the molecule is Cc1ccc(C)c(OCCC(=O)N2C[C@@H](N)[C@H](c3ccccc3)C2)c1. The van der Waals surface area contributed by atoms with Gasteiger partial charge in [-0.3, -0.25) is 4.79 Å². The molecule has 1 aliphatic rings. The number of carbonyl (C=O) groups is 1. The average molecular weight is 338 g/mol. The van der Waals surface area contributed by atoms with Crippen molar-refractivity contribution in [3.8, 4) is 5.75 Å². The van der Waals surface area contributed by atoms with Crippen LogP contribution in [0.4, 0.5) is 0 Å². The van der Waals surface area contributed by atoms with Gasteiger partial charge in [-0.25, -0.2) is 0 Å². The molecule has 4 heteroatoms. The van der Waals surface area contributed by atoms with E-state index < -0.39 is 0 Å². The van der Waals surface area contributed by atoms with Crippen LogP contribution in [0.1, 0.15) is 29.0 Å². The predicted octanol–water partition coefficient (Wildman–Crippen LogP) is 3.03. The number of rotatable bonds is 5. The van der Waals surface area contributed by atoms with Crippen LogP contribution in [-0.4, -0.2) is 36.5 Å². The first-order valence-electron chi connectivity index (χ1n) is 8.83. The molecule has 2 aromatic rings. The number of nitrogens with two attached hydrogens (primary N) is 1. The molecule has 2 atom stereocenters. The van der Waals surface area contributed by atoms with E-state index in [0.29, 0.717) is 26.1 Å². The fourth-order valence-corrected chi connectivity index (χ4v) is 3.35. The van der Waals surface area contributed by atoms with Crippen LogP contribution in [-0.2, 0) is 4.79 Å². The monoisotopic (exact) mass is 338 g/mol. The molecule has 3 rings (SSSR count). The van der Waals surface area contributed by atoms with E-state index in [1.165, 1.54) is 5.56 Å². The molecule has 132 valence electrons. The first-order chi connectivity index (χ1) is 12.0. The Hall–Kier alpha value is -2.33. The van der Waals surface area contributed by atoms with E-state index in [2.05, 4.69) is 18.2 Å². The molecule has 0 spiro atoms. The highest BCUT2D eigenvalue weighted by Crippen LogP contribution is 2.27. The summed E-state index contributed by atoms with van der Waals surface area (Å²) >= 11 is 0. The highest BCUT2D eigenvalue weighted by atomic mass is 16.5. The van der Waals surface area contributed by atoms with Gasteiger partial charge < -0.3 is 15.4 Å². The van der Waals surface area contributed by atoms with Crippen LogP contribution in [0.3, 0.4) is 0 Å². The van der Waals surface area contributed by atoms with E-state index >= 15 is 0 Å². The number of amides is 1. The number of hydrogen-bond acceptors (Lipinski definition) is 3. The van der Waals surface area contributed by atoms with Crippen LogP contribution in [0.15, 0.2) is 48.5 Å². The van der Waals surface area contributed by atoms with Gasteiger partial charge in [-0.2, -0.15) is 0 Å². The average Bonchev–Trinajstić information content (AvgIpc) is 3.00. The van der Waals surface area contributed by atoms with Crippen molar-refractivity contribution in [2.45, 2.75) is 32.2 Å². The van der Waals surface area contributed by atoms with E-state index in [0.717, 1.165) is 16.9 Å². The number of ether oxygens (including phenoxy) is 1. The molecule has 0 radical (unpaired) electrons. The molecule has 2 aromatic carbocycles. The molecule has 0 aliphatic carbocycles. The third-order valence-electron chi connectivity index (χ3n) is 4.86. The Bertz CT molecular complexity index is 730. The molecule has 1 fully saturated rings. The van der Waals surface area contributed by atoms with Crippen molar-refractivity contribution in [3.05, 3.63) is 65.2 Å². The van der Waals surface area contributed by atoms with Gasteiger partial charge in [-0.05, 0) is 36.6 Å². The summed E-state index contributed by atoms with van der Waals surface area (Å²) in [5, 5.41) is 0. The fourth-order valence-electron chi connectivity index (χ4n) is 3.35. The summed E-state index contributed by atoms with van der Waals surface area (Å²) in [4.78, 5) is 14.4. The zero-order valence-corrected chi connectivity index (χ0v) is 14.9. The third kappa shape index (κ3) is 4.20. The molecule has 0 bridgehead atoms. The highest BCUT2D eigenvalue weighted by molar-refractivity contribution is 5.77. The van der Waals surface area contributed by atoms with Gasteiger partial charge in [0.2, 0.25) is 5.91 Å². The molecule has 1 saturated heterocycles. The van der Waals surface area contributed by atoms with Gasteiger partial charge in [0.25, 0.3) is 0 Å². The van der Waals surface area contributed by atoms with Crippen LogP contribution in [0.25, 0.3) is 0 Å². The Morgan fingerprint density at radius 1 is 1.16 bits per heavy atom. The van der Waals surface area contributed by atoms with Crippen LogP contribution in [0, 0.1) is 13.8 Å². The lowest BCUT2D eigenvalue weighted by atomic mass is 9.95. The van der Waals surface area contributed by atoms with Crippen LogP contribution < -0.4 is 10.5 Å². The summed E-state index contributed by atoms with van der Waals surface area (Å²) in [5.74, 6) is 1.18. The van der Waals surface area contributed by atoms with Crippen molar-refractivity contribution in [3.63, 3.8) is 0 Å². The highest BCUT2D eigenvalue weighted by Gasteiger charge is 2.33. The second kappa shape index (κ2) is 7.70. The molecular weight excluding hydrogens is 312 g/mol. The van der Waals surface area contributed by atoms with E-state index in [9.17, 15) is 4.79 Å². The van der Waals surface area contributed by atoms with Crippen molar-refractivity contribution in [2.24, 2.45) is 5.73 Å². The molecule has 1 amide bonds.